The number of benzene rings is 1. The Hall–Kier alpha value is -2.27. The third-order valence-corrected chi connectivity index (χ3v) is 6.17. The Morgan fingerprint density at radius 2 is 1.75 bits per heavy atom. The Balaban J connectivity index is 1.70. The molecule has 10 heteroatoms. The van der Waals surface area contributed by atoms with E-state index in [0.29, 0.717) is 23.4 Å². The van der Waals surface area contributed by atoms with Gasteiger partial charge in [-0.3, -0.25) is 4.18 Å². The van der Waals surface area contributed by atoms with E-state index in [0.717, 1.165) is 34.2 Å². The maximum atomic E-state index is 11.0. The third-order valence-electron chi connectivity index (χ3n) is 4.51. The van der Waals surface area contributed by atoms with Gasteiger partial charge in [0.1, 0.15) is 18.5 Å². The van der Waals surface area contributed by atoms with Crippen LogP contribution in [0.5, 0.6) is 5.75 Å². The molecular weight excluding hydrogens is 452 g/mol. The number of rotatable bonds is 10. The van der Waals surface area contributed by atoms with Crippen molar-refractivity contribution in [3.05, 3.63) is 40.3 Å². The molecule has 3 aromatic rings. The smallest absolute Gasteiger partial charge is 0.264 e. The van der Waals surface area contributed by atoms with Crippen LogP contribution in [0.4, 0.5) is 0 Å². The molecule has 0 saturated heterocycles. The van der Waals surface area contributed by atoms with E-state index in [1.54, 1.807) is 11.3 Å². The maximum Gasteiger partial charge on any atom is 0.264 e. The summed E-state index contributed by atoms with van der Waals surface area (Å²) in [6, 6.07) is 7.85. The number of hydrogen-bond donors (Lipinski definition) is 1. The van der Waals surface area contributed by atoms with Gasteiger partial charge in [0.25, 0.3) is 16.0 Å². The van der Waals surface area contributed by atoms with Gasteiger partial charge in [-0.05, 0) is 61.6 Å². The first-order valence-corrected chi connectivity index (χ1v) is 12.8. The molecule has 1 atom stereocenters. The number of thiophene rings is 1. The van der Waals surface area contributed by atoms with Crippen LogP contribution in [0.2, 0.25) is 0 Å². The fourth-order valence-corrected chi connectivity index (χ4v) is 4.72. The summed E-state index contributed by atoms with van der Waals surface area (Å²) in [7, 11) is -3.62. The average Bonchev–Trinajstić information content (AvgIpc) is 3.34. The molecule has 8 nitrogen and oxygen atoms in total. The number of aryl methyl sites for hydroxylation is 2. The highest BCUT2D eigenvalue weighted by atomic mass is 32.2. The number of aliphatic hydroxyl groups is 1. The van der Waals surface area contributed by atoms with Crippen LogP contribution in [0.3, 0.4) is 0 Å². The number of aromatic nitrogens is 2. The van der Waals surface area contributed by atoms with Crippen molar-refractivity contribution in [1.82, 2.24) is 10.2 Å². The SMILES string of the molecule is Cc1cc(-c2nnc(-c3ccc(CC(C)C)s3)o2)cc(C)c1OCC(O)COS(C)(=O)=O. The van der Waals surface area contributed by atoms with Crippen LogP contribution in [0.15, 0.2) is 28.7 Å². The van der Waals surface area contributed by atoms with E-state index < -0.39 is 16.2 Å². The molecule has 1 aromatic carbocycles. The van der Waals surface area contributed by atoms with E-state index in [1.165, 1.54) is 4.88 Å². The van der Waals surface area contributed by atoms with Gasteiger partial charge in [0.2, 0.25) is 5.89 Å². The van der Waals surface area contributed by atoms with Gasteiger partial charge < -0.3 is 14.3 Å². The van der Waals surface area contributed by atoms with Crippen molar-refractivity contribution in [2.45, 2.75) is 40.2 Å². The minimum absolute atomic E-state index is 0.0989. The molecule has 0 aliphatic carbocycles. The summed E-state index contributed by atoms with van der Waals surface area (Å²) in [5.74, 6) is 2.09. The van der Waals surface area contributed by atoms with E-state index in [9.17, 15) is 13.5 Å². The molecule has 0 spiro atoms. The van der Waals surface area contributed by atoms with Crippen molar-refractivity contribution in [3.8, 4) is 28.0 Å². The molecular formula is C22H28N2O6S2. The zero-order valence-corrected chi connectivity index (χ0v) is 20.4. The Kier molecular flexibility index (Phi) is 7.71. The van der Waals surface area contributed by atoms with Crippen molar-refractivity contribution < 1.29 is 26.9 Å². The number of aliphatic hydroxyl groups excluding tert-OH is 1. The fraction of sp³-hybridized carbons (Fsp3) is 0.455. The Bertz CT molecular complexity index is 1140. The van der Waals surface area contributed by atoms with Crippen LogP contribution in [0.1, 0.15) is 29.9 Å². The number of nitrogens with zero attached hydrogens (tertiary/aromatic N) is 2. The van der Waals surface area contributed by atoms with Crippen LogP contribution in [-0.4, -0.2) is 49.3 Å². The molecule has 32 heavy (non-hydrogen) atoms. The normalized spacial score (nSPS) is 13.0. The molecule has 0 aliphatic rings. The Morgan fingerprint density at radius 3 is 2.38 bits per heavy atom. The van der Waals surface area contributed by atoms with E-state index in [2.05, 4.69) is 34.3 Å². The van der Waals surface area contributed by atoms with Gasteiger partial charge in [0.05, 0.1) is 17.7 Å². The first kappa shape index (κ1) is 24.4. The van der Waals surface area contributed by atoms with Gasteiger partial charge >= 0.3 is 0 Å². The van der Waals surface area contributed by atoms with Gasteiger partial charge in [0.15, 0.2) is 0 Å². The summed E-state index contributed by atoms with van der Waals surface area (Å²) in [5.41, 5.74) is 2.42. The van der Waals surface area contributed by atoms with Crippen molar-refractivity contribution >= 4 is 21.5 Å². The average molecular weight is 481 g/mol. The lowest BCUT2D eigenvalue weighted by Gasteiger charge is -2.16. The molecule has 2 aromatic heterocycles. The van der Waals surface area contributed by atoms with E-state index in [-0.39, 0.29) is 13.2 Å². The molecule has 3 rings (SSSR count). The summed E-state index contributed by atoms with van der Waals surface area (Å²) in [5, 5.41) is 18.3. The Morgan fingerprint density at radius 1 is 1.09 bits per heavy atom. The van der Waals surface area contributed by atoms with Crippen LogP contribution < -0.4 is 4.74 Å². The minimum Gasteiger partial charge on any atom is -0.490 e. The molecule has 1 unspecified atom stereocenters. The van der Waals surface area contributed by atoms with Crippen molar-refractivity contribution in [2.24, 2.45) is 5.92 Å². The largest absolute Gasteiger partial charge is 0.490 e. The molecule has 0 bridgehead atoms. The molecule has 1 N–H and O–H groups in total. The summed E-state index contributed by atoms with van der Waals surface area (Å²) >= 11 is 1.66. The van der Waals surface area contributed by atoms with Crippen LogP contribution in [0.25, 0.3) is 22.2 Å². The molecule has 0 radical (unpaired) electrons. The first-order chi connectivity index (χ1) is 15.0. The standard InChI is InChI=1S/C22H28N2O6S2/c1-13(2)8-18-6-7-19(31-18)22-24-23-21(30-22)16-9-14(3)20(15(4)10-16)28-11-17(25)12-29-32(5,26)27/h6-7,9-10,13,17,25H,8,11-12H2,1-5H3. The zero-order chi connectivity index (χ0) is 23.5. The monoisotopic (exact) mass is 480 g/mol. The van der Waals surface area contributed by atoms with Gasteiger partial charge in [0, 0.05) is 10.4 Å². The summed E-state index contributed by atoms with van der Waals surface area (Å²) in [6.07, 6.45) is 0.869. The second-order valence-corrected chi connectivity index (χ2v) is 11.0. The highest BCUT2D eigenvalue weighted by Gasteiger charge is 2.17. The Labute approximate surface area is 192 Å². The van der Waals surface area contributed by atoms with Gasteiger partial charge in [-0.2, -0.15) is 8.42 Å². The van der Waals surface area contributed by atoms with Crippen molar-refractivity contribution in [1.29, 1.82) is 0 Å². The van der Waals surface area contributed by atoms with Crippen LogP contribution in [0, 0.1) is 19.8 Å². The lowest BCUT2D eigenvalue weighted by molar-refractivity contribution is 0.0647. The number of hydrogen-bond acceptors (Lipinski definition) is 9. The second kappa shape index (κ2) is 10.1. The van der Waals surface area contributed by atoms with Crippen molar-refractivity contribution in [3.63, 3.8) is 0 Å². The van der Waals surface area contributed by atoms with E-state index in [4.69, 9.17) is 9.15 Å². The quantitative estimate of drug-likeness (QED) is 0.434. The zero-order valence-electron chi connectivity index (χ0n) is 18.8. The maximum absolute atomic E-state index is 11.0. The summed E-state index contributed by atoms with van der Waals surface area (Å²) in [6.45, 7) is 7.67. The van der Waals surface area contributed by atoms with Crippen LogP contribution >= 0.6 is 11.3 Å². The summed E-state index contributed by atoms with van der Waals surface area (Å²) < 4.78 is 38.3. The van der Waals surface area contributed by atoms with E-state index >= 15 is 0 Å². The lowest BCUT2D eigenvalue weighted by Crippen LogP contribution is -2.25. The highest BCUT2D eigenvalue weighted by molar-refractivity contribution is 7.85. The van der Waals surface area contributed by atoms with Gasteiger partial charge in [-0.15, -0.1) is 21.5 Å². The minimum atomic E-state index is -3.62. The lowest BCUT2D eigenvalue weighted by atomic mass is 10.1. The molecule has 0 fully saturated rings. The second-order valence-electron chi connectivity index (χ2n) is 8.17. The topological polar surface area (TPSA) is 112 Å². The third kappa shape index (κ3) is 6.61. The molecule has 2 heterocycles. The molecule has 0 aliphatic heterocycles. The molecule has 174 valence electrons. The predicted molar refractivity (Wildman–Crippen MR) is 123 cm³/mol. The number of ether oxygens (including phenoxy) is 1. The van der Waals surface area contributed by atoms with Gasteiger partial charge in [-0.1, -0.05) is 13.8 Å². The summed E-state index contributed by atoms with van der Waals surface area (Å²) in [4.78, 5) is 2.23. The van der Waals surface area contributed by atoms with Crippen LogP contribution in [-0.2, 0) is 20.7 Å². The van der Waals surface area contributed by atoms with E-state index in [1.807, 2.05) is 32.0 Å². The predicted octanol–water partition coefficient (Wildman–Crippen LogP) is 4.00. The highest BCUT2D eigenvalue weighted by Crippen LogP contribution is 2.33. The van der Waals surface area contributed by atoms with Gasteiger partial charge in [-0.25, -0.2) is 0 Å². The fourth-order valence-electron chi connectivity index (χ4n) is 3.18. The first-order valence-electron chi connectivity index (χ1n) is 10.2. The van der Waals surface area contributed by atoms with Crippen molar-refractivity contribution in [2.75, 3.05) is 19.5 Å². The molecule has 0 saturated carbocycles. The molecule has 0 amide bonds.